The fourth-order valence-corrected chi connectivity index (χ4v) is 1.38. The molecular formula is C10H13ClFN. The van der Waals surface area contributed by atoms with Crippen LogP contribution in [0, 0.1) is 12.7 Å². The number of halogens is 2. The Bertz CT molecular complexity index is 310. The summed E-state index contributed by atoms with van der Waals surface area (Å²) in [4.78, 5) is 0. The molecule has 1 unspecified atom stereocenters. The zero-order valence-corrected chi connectivity index (χ0v) is 8.53. The van der Waals surface area contributed by atoms with Crippen molar-refractivity contribution in [3.63, 3.8) is 0 Å². The van der Waals surface area contributed by atoms with Gasteiger partial charge in [0.1, 0.15) is 5.82 Å². The highest BCUT2D eigenvalue weighted by atomic mass is 35.5. The summed E-state index contributed by atoms with van der Waals surface area (Å²) in [5.41, 5.74) is 6.92. The SMILES string of the molecule is Cc1cc(F)c(CC(C)N)cc1Cl. The fraction of sp³-hybridized carbons (Fsp3) is 0.400. The lowest BCUT2D eigenvalue weighted by molar-refractivity contribution is 0.595. The van der Waals surface area contributed by atoms with E-state index >= 15 is 0 Å². The number of aryl methyl sites for hydroxylation is 1. The third-order valence-electron chi connectivity index (χ3n) is 1.87. The van der Waals surface area contributed by atoms with E-state index in [1.807, 2.05) is 6.92 Å². The molecule has 72 valence electrons. The maximum absolute atomic E-state index is 13.3. The van der Waals surface area contributed by atoms with Gasteiger partial charge in [0.05, 0.1) is 0 Å². The average molecular weight is 202 g/mol. The molecule has 0 spiro atoms. The molecule has 0 aliphatic rings. The quantitative estimate of drug-likeness (QED) is 0.783. The first kappa shape index (κ1) is 10.5. The highest BCUT2D eigenvalue weighted by Gasteiger charge is 2.07. The first-order valence-electron chi connectivity index (χ1n) is 4.21. The van der Waals surface area contributed by atoms with E-state index in [1.54, 1.807) is 13.0 Å². The van der Waals surface area contributed by atoms with E-state index in [9.17, 15) is 4.39 Å². The van der Waals surface area contributed by atoms with Gasteiger partial charge in [-0.1, -0.05) is 11.6 Å². The number of hydrogen-bond donors (Lipinski definition) is 1. The molecule has 0 saturated heterocycles. The molecule has 1 nitrogen and oxygen atoms in total. The van der Waals surface area contributed by atoms with Gasteiger partial charge in [-0.25, -0.2) is 4.39 Å². The summed E-state index contributed by atoms with van der Waals surface area (Å²) in [7, 11) is 0. The van der Waals surface area contributed by atoms with E-state index in [4.69, 9.17) is 17.3 Å². The van der Waals surface area contributed by atoms with E-state index < -0.39 is 0 Å². The van der Waals surface area contributed by atoms with Crippen molar-refractivity contribution in [2.75, 3.05) is 0 Å². The van der Waals surface area contributed by atoms with Crippen LogP contribution in [0.25, 0.3) is 0 Å². The lowest BCUT2D eigenvalue weighted by Crippen LogP contribution is -2.18. The van der Waals surface area contributed by atoms with Gasteiger partial charge in [0.25, 0.3) is 0 Å². The molecule has 2 N–H and O–H groups in total. The Balaban J connectivity index is 3.01. The van der Waals surface area contributed by atoms with Crippen molar-refractivity contribution in [3.8, 4) is 0 Å². The van der Waals surface area contributed by atoms with E-state index in [1.165, 1.54) is 6.07 Å². The van der Waals surface area contributed by atoms with Crippen LogP contribution in [0.2, 0.25) is 5.02 Å². The minimum absolute atomic E-state index is 0.0479. The van der Waals surface area contributed by atoms with Gasteiger partial charge in [0.15, 0.2) is 0 Å². The van der Waals surface area contributed by atoms with Crippen LogP contribution in [0.4, 0.5) is 4.39 Å². The van der Waals surface area contributed by atoms with Gasteiger partial charge in [-0.2, -0.15) is 0 Å². The summed E-state index contributed by atoms with van der Waals surface area (Å²) in [6.07, 6.45) is 0.520. The van der Waals surface area contributed by atoms with Crippen molar-refractivity contribution in [2.45, 2.75) is 26.3 Å². The molecule has 0 amide bonds. The molecule has 1 atom stereocenters. The predicted octanol–water partition coefficient (Wildman–Crippen LogP) is 2.68. The van der Waals surface area contributed by atoms with E-state index in [0.29, 0.717) is 17.0 Å². The molecule has 3 heteroatoms. The molecule has 0 saturated carbocycles. The summed E-state index contributed by atoms with van der Waals surface area (Å²) >= 11 is 5.86. The number of hydrogen-bond acceptors (Lipinski definition) is 1. The molecular weight excluding hydrogens is 189 g/mol. The van der Waals surface area contributed by atoms with Crippen molar-refractivity contribution in [3.05, 3.63) is 34.1 Å². The Labute approximate surface area is 82.7 Å². The van der Waals surface area contributed by atoms with Gasteiger partial charge < -0.3 is 5.73 Å². The Hall–Kier alpha value is -0.600. The predicted molar refractivity (Wildman–Crippen MR) is 53.5 cm³/mol. The smallest absolute Gasteiger partial charge is 0.126 e. The molecule has 0 radical (unpaired) electrons. The summed E-state index contributed by atoms with van der Waals surface area (Å²) in [6.45, 7) is 3.62. The van der Waals surface area contributed by atoms with Crippen LogP contribution in [-0.2, 0) is 6.42 Å². The molecule has 13 heavy (non-hydrogen) atoms. The third kappa shape index (κ3) is 2.68. The van der Waals surface area contributed by atoms with Crippen molar-refractivity contribution >= 4 is 11.6 Å². The molecule has 1 aromatic carbocycles. The van der Waals surface area contributed by atoms with Crippen molar-refractivity contribution < 1.29 is 4.39 Å². The Kier molecular flexibility index (Phi) is 3.28. The van der Waals surface area contributed by atoms with Gasteiger partial charge in [0, 0.05) is 11.1 Å². The van der Waals surface area contributed by atoms with E-state index in [-0.39, 0.29) is 11.9 Å². The summed E-state index contributed by atoms with van der Waals surface area (Å²) in [5, 5.41) is 0.594. The van der Waals surface area contributed by atoms with E-state index in [0.717, 1.165) is 5.56 Å². The number of nitrogens with two attached hydrogens (primary N) is 1. The van der Waals surface area contributed by atoms with Gasteiger partial charge in [0.2, 0.25) is 0 Å². The highest BCUT2D eigenvalue weighted by molar-refractivity contribution is 6.31. The summed E-state index contributed by atoms with van der Waals surface area (Å²) < 4.78 is 13.3. The Morgan fingerprint density at radius 1 is 1.54 bits per heavy atom. The topological polar surface area (TPSA) is 26.0 Å². The maximum Gasteiger partial charge on any atom is 0.126 e. The fourth-order valence-electron chi connectivity index (χ4n) is 1.19. The summed E-state index contributed by atoms with van der Waals surface area (Å²) in [6, 6.07) is 3.04. The maximum atomic E-state index is 13.3. The molecule has 1 rings (SSSR count). The monoisotopic (exact) mass is 201 g/mol. The van der Waals surface area contributed by atoms with Crippen LogP contribution >= 0.6 is 11.6 Å². The second-order valence-corrected chi connectivity index (χ2v) is 3.78. The largest absolute Gasteiger partial charge is 0.328 e. The number of rotatable bonds is 2. The van der Waals surface area contributed by atoms with Crippen molar-refractivity contribution in [2.24, 2.45) is 5.73 Å². The zero-order valence-electron chi connectivity index (χ0n) is 7.77. The van der Waals surface area contributed by atoms with Crippen LogP contribution in [0.3, 0.4) is 0 Å². The van der Waals surface area contributed by atoms with Crippen LogP contribution < -0.4 is 5.73 Å². The van der Waals surface area contributed by atoms with Gasteiger partial charge in [-0.15, -0.1) is 0 Å². The lowest BCUT2D eigenvalue weighted by Gasteiger charge is -2.08. The van der Waals surface area contributed by atoms with Crippen molar-refractivity contribution in [1.29, 1.82) is 0 Å². The van der Waals surface area contributed by atoms with Gasteiger partial charge in [-0.05, 0) is 43.5 Å². The summed E-state index contributed by atoms with van der Waals surface area (Å²) in [5.74, 6) is -0.223. The minimum atomic E-state index is -0.223. The normalized spacial score (nSPS) is 13.0. The third-order valence-corrected chi connectivity index (χ3v) is 2.28. The molecule has 1 aromatic rings. The van der Waals surface area contributed by atoms with E-state index in [2.05, 4.69) is 0 Å². The average Bonchev–Trinajstić information content (AvgIpc) is 1.99. The van der Waals surface area contributed by atoms with Crippen LogP contribution in [0.5, 0.6) is 0 Å². The van der Waals surface area contributed by atoms with Crippen molar-refractivity contribution in [1.82, 2.24) is 0 Å². The highest BCUT2D eigenvalue weighted by Crippen LogP contribution is 2.20. The molecule has 0 fully saturated rings. The van der Waals surface area contributed by atoms with Gasteiger partial charge in [-0.3, -0.25) is 0 Å². The van der Waals surface area contributed by atoms with Crippen LogP contribution in [0.15, 0.2) is 12.1 Å². The molecule has 0 aliphatic carbocycles. The first-order chi connectivity index (χ1) is 6.00. The van der Waals surface area contributed by atoms with Crippen LogP contribution in [0.1, 0.15) is 18.1 Å². The second kappa shape index (κ2) is 4.07. The number of benzene rings is 1. The second-order valence-electron chi connectivity index (χ2n) is 3.37. The van der Waals surface area contributed by atoms with Gasteiger partial charge >= 0.3 is 0 Å². The molecule has 0 aliphatic heterocycles. The Morgan fingerprint density at radius 3 is 2.69 bits per heavy atom. The zero-order chi connectivity index (χ0) is 10.0. The standard InChI is InChI=1S/C10H13ClFN/c1-6-3-10(12)8(4-7(2)13)5-9(6)11/h3,5,7H,4,13H2,1-2H3. The lowest BCUT2D eigenvalue weighted by atomic mass is 10.1. The molecule has 0 aromatic heterocycles. The molecule has 0 bridgehead atoms. The molecule has 0 heterocycles. The minimum Gasteiger partial charge on any atom is -0.328 e. The van der Waals surface area contributed by atoms with Crippen LogP contribution in [-0.4, -0.2) is 6.04 Å². The first-order valence-corrected chi connectivity index (χ1v) is 4.58. The Morgan fingerprint density at radius 2 is 2.15 bits per heavy atom.